The molecule has 1 aromatic carbocycles. The van der Waals surface area contributed by atoms with Gasteiger partial charge in [0.05, 0.1) is 13.2 Å². The Morgan fingerprint density at radius 3 is 2.45 bits per heavy atom. The van der Waals surface area contributed by atoms with E-state index in [0.717, 1.165) is 11.4 Å². The number of aromatic nitrogens is 1. The quantitative estimate of drug-likeness (QED) is 0.785. The molecule has 0 N–H and O–H groups in total. The molecule has 0 fully saturated rings. The molecule has 104 valence electrons. The Bertz CT molecular complexity index is 656. The first-order valence-electron chi connectivity index (χ1n) is 6.54. The Labute approximate surface area is 117 Å². The molecular weight excluding hydrogens is 254 g/mol. The highest BCUT2D eigenvalue weighted by atomic mass is 16.5. The number of carbonyl (C=O) groups is 1. The first kappa shape index (κ1) is 14.1. The number of nitrogens with zero attached hydrogens (tertiary/aromatic N) is 1. The van der Waals surface area contributed by atoms with Gasteiger partial charge in [-0.1, -0.05) is 6.07 Å². The molecule has 0 aliphatic rings. The number of ketones is 1. The standard InChI is InChI=1S/C16H17NO3/c1-3-20-14-9-7-13(8-10-14)15(18)11-17-12(2)5-4-6-16(17)19/h4-10H,3,11H2,1-2H3. The van der Waals surface area contributed by atoms with Gasteiger partial charge in [0.15, 0.2) is 5.78 Å². The van der Waals surface area contributed by atoms with E-state index in [1.807, 2.05) is 19.9 Å². The summed E-state index contributed by atoms with van der Waals surface area (Å²) in [6.45, 7) is 4.36. The van der Waals surface area contributed by atoms with E-state index < -0.39 is 0 Å². The summed E-state index contributed by atoms with van der Waals surface area (Å²) in [5, 5.41) is 0. The number of Topliss-reactive ketones (excluding diaryl/α,β-unsaturated/α-hetero) is 1. The van der Waals surface area contributed by atoms with Crippen LogP contribution in [0.25, 0.3) is 0 Å². The van der Waals surface area contributed by atoms with Crippen molar-refractivity contribution < 1.29 is 9.53 Å². The summed E-state index contributed by atoms with van der Waals surface area (Å²) < 4.78 is 6.80. The summed E-state index contributed by atoms with van der Waals surface area (Å²) >= 11 is 0. The molecule has 2 aromatic rings. The van der Waals surface area contributed by atoms with Gasteiger partial charge in [0.1, 0.15) is 5.75 Å². The largest absolute Gasteiger partial charge is 0.494 e. The van der Waals surface area contributed by atoms with Crippen molar-refractivity contribution in [1.29, 1.82) is 0 Å². The summed E-state index contributed by atoms with van der Waals surface area (Å²) in [6, 6.07) is 11.9. The van der Waals surface area contributed by atoms with Gasteiger partial charge in [-0.15, -0.1) is 0 Å². The Morgan fingerprint density at radius 2 is 1.85 bits per heavy atom. The highest BCUT2D eigenvalue weighted by Gasteiger charge is 2.09. The zero-order valence-electron chi connectivity index (χ0n) is 11.6. The maximum Gasteiger partial charge on any atom is 0.251 e. The predicted molar refractivity (Wildman–Crippen MR) is 77.4 cm³/mol. The van der Waals surface area contributed by atoms with Crippen molar-refractivity contribution in [2.45, 2.75) is 20.4 Å². The molecule has 0 radical (unpaired) electrons. The van der Waals surface area contributed by atoms with Crippen molar-refractivity contribution in [3.05, 3.63) is 64.1 Å². The molecule has 0 bridgehead atoms. The van der Waals surface area contributed by atoms with E-state index in [1.165, 1.54) is 10.6 Å². The fourth-order valence-corrected chi connectivity index (χ4v) is 1.96. The van der Waals surface area contributed by atoms with Crippen LogP contribution in [-0.4, -0.2) is 17.0 Å². The van der Waals surface area contributed by atoms with Crippen molar-refractivity contribution in [3.63, 3.8) is 0 Å². The second-order valence-corrected chi connectivity index (χ2v) is 4.47. The van der Waals surface area contributed by atoms with Crippen LogP contribution in [0.2, 0.25) is 0 Å². The fraction of sp³-hybridized carbons (Fsp3) is 0.250. The lowest BCUT2D eigenvalue weighted by atomic mass is 10.1. The van der Waals surface area contributed by atoms with Gasteiger partial charge >= 0.3 is 0 Å². The summed E-state index contributed by atoms with van der Waals surface area (Å²) in [6.07, 6.45) is 0. The third-order valence-corrected chi connectivity index (χ3v) is 3.06. The molecule has 2 rings (SSSR count). The Kier molecular flexibility index (Phi) is 4.35. The average molecular weight is 271 g/mol. The van der Waals surface area contributed by atoms with E-state index in [-0.39, 0.29) is 17.9 Å². The molecule has 0 atom stereocenters. The maximum atomic E-state index is 12.2. The van der Waals surface area contributed by atoms with Gasteiger partial charge in [0, 0.05) is 17.3 Å². The van der Waals surface area contributed by atoms with Crippen LogP contribution in [-0.2, 0) is 6.54 Å². The van der Waals surface area contributed by atoms with Crippen LogP contribution in [0.4, 0.5) is 0 Å². The average Bonchev–Trinajstić information content (AvgIpc) is 2.44. The van der Waals surface area contributed by atoms with Crippen molar-refractivity contribution in [2.75, 3.05) is 6.61 Å². The van der Waals surface area contributed by atoms with Gasteiger partial charge in [-0.3, -0.25) is 9.59 Å². The molecule has 1 aromatic heterocycles. The zero-order chi connectivity index (χ0) is 14.5. The van der Waals surface area contributed by atoms with E-state index in [9.17, 15) is 9.59 Å². The molecule has 0 amide bonds. The van der Waals surface area contributed by atoms with Gasteiger partial charge in [-0.2, -0.15) is 0 Å². The van der Waals surface area contributed by atoms with Gasteiger partial charge < -0.3 is 9.30 Å². The molecule has 0 saturated heterocycles. The normalized spacial score (nSPS) is 10.3. The lowest BCUT2D eigenvalue weighted by molar-refractivity contribution is 0.0970. The second-order valence-electron chi connectivity index (χ2n) is 4.47. The summed E-state index contributed by atoms with van der Waals surface area (Å²) in [4.78, 5) is 23.9. The van der Waals surface area contributed by atoms with Crippen LogP contribution in [0.3, 0.4) is 0 Å². The fourth-order valence-electron chi connectivity index (χ4n) is 1.96. The number of aryl methyl sites for hydroxylation is 1. The molecule has 0 aliphatic carbocycles. The molecular formula is C16H17NO3. The summed E-state index contributed by atoms with van der Waals surface area (Å²) in [7, 11) is 0. The number of ether oxygens (including phenoxy) is 1. The third-order valence-electron chi connectivity index (χ3n) is 3.06. The maximum absolute atomic E-state index is 12.2. The highest BCUT2D eigenvalue weighted by molar-refractivity contribution is 5.96. The Morgan fingerprint density at radius 1 is 1.15 bits per heavy atom. The molecule has 1 heterocycles. The van der Waals surface area contributed by atoms with Gasteiger partial charge in [-0.25, -0.2) is 0 Å². The van der Waals surface area contributed by atoms with Crippen LogP contribution in [0.15, 0.2) is 47.3 Å². The third kappa shape index (κ3) is 3.15. The predicted octanol–water partition coefficient (Wildman–Crippen LogP) is 2.44. The zero-order valence-corrected chi connectivity index (χ0v) is 11.6. The van der Waals surface area contributed by atoms with Gasteiger partial charge in [-0.05, 0) is 44.2 Å². The number of pyridine rings is 1. The molecule has 20 heavy (non-hydrogen) atoms. The van der Waals surface area contributed by atoms with Crippen LogP contribution in [0.5, 0.6) is 5.75 Å². The minimum atomic E-state index is -0.163. The minimum Gasteiger partial charge on any atom is -0.494 e. The van der Waals surface area contributed by atoms with Crippen molar-refractivity contribution >= 4 is 5.78 Å². The van der Waals surface area contributed by atoms with E-state index >= 15 is 0 Å². The number of carbonyl (C=O) groups excluding carboxylic acids is 1. The molecule has 0 unspecified atom stereocenters. The van der Waals surface area contributed by atoms with Crippen LogP contribution >= 0.6 is 0 Å². The number of benzene rings is 1. The Balaban J connectivity index is 2.18. The topological polar surface area (TPSA) is 48.3 Å². The SMILES string of the molecule is CCOc1ccc(C(=O)Cn2c(C)cccc2=O)cc1. The van der Waals surface area contributed by atoms with Crippen LogP contribution in [0, 0.1) is 6.92 Å². The molecule has 0 aliphatic heterocycles. The second kappa shape index (κ2) is 6.19. The van der Waals surface area contributed by atoms with E-state index in [1.54, 1.807) is 30.3 Å². The molecule has 0 saturated carbocycles. The lowest BCUT2D eigenvalue weighted by Gasteiger charge is -2.09. The van der Waals surface area contributed by atoms with E-state index in [2.05, 4.69) is 0 Å². The summed E-state index contributed by atoms with van der Waals surface area (Å²) in [5.41, 5.74) is 1.18. The minimum absolute atomic E-state index is 0.0550. The lowest BCUT2D eigenvalue weighted by Crippen LogP contribution is -2.25. The number of rotatable bonds is 5. The van der Waals surface area contributed by atoms with Crippen molar-refractivity contribution in [2.24, 2.45) is 0 Å². The molecule has 4 nitrogen and oxygen atoms in total. The van der Waals surface area contributed by atoms with Gasteiger partial charge in [0.25, 0.3) is 5.56 Å². The highest BCUT2D eigenvalue weighted by Crippen LogP contribution is 2.13. The van der Waals surface area contributed by atoms with Crippen LogP contribution < -0.4 is 10.3 Å². The number of hydrogen-bond acceptors (Lipinski definition) is 3. The first-order chi connectivity index (χ1) is 9.61. The smallest absolute Gasteiger partial charge is 0.251 e. The van der Waals surface area contributed by atoms with Crippen molar-refractivity contribution in [1.82, 2.24) is 4.57 Å². The Hall–Kier alpha value is -2.36. The molecule has 4 heteroatoms. The van der Waals surface area contributed by atoms with E-state index in [4.69, 9.17) is 4.74 Å². The molecule has 0 spiro atoms. The van der Waals surface area contributed by atoms with Crippen molar-refractivity contribution in [3.8, 4) is 5.75 Å². The van der Waals surface area contributed by atoms with E-state index in [0.29, 0.717) is 12.2 Å². The van der Waals surface area contributed by atoms with Gasteiger partial charge in [0.2, 0.25) is 0 Å². The first-order valence-corrected chi connectivity index (χ1v) is 6.54. The summed E-state index contributed by atoms with van der Waals surface area (Å²) in [5.74, 6) is 0.640. The van der Waals surface area contributed by atoms with Crippen LogP contribution in [0.1, 0.15) is 23.0 Å². The number of hydrogen-bond donors (Lipinski definition) is 0. The monoisotopic (exact) mass is 271 g/mol.